The zero-order chi connectivity index (χ0) is 11.8. The van der Waals surface area contributed by atoms with Gasteiger partial charge in [0.2, 0.25) is 5.96 Å². The second-order valence-corrected chi connectivity index (χ2v) is 4.65. The molecule has 1 atom stereocenters. The number of hydrazine groups is 1. The molecule has 1 aliphatic carbocycles. The highest BCUT2D eigenvalue weighted by molar-refractivity contribution is 5.96. The van der Waals surface area contributed by atoms with Crippen LogP contribution in [0.25, 0.3) is 0 Å². The number of guanidine groups is 1. The first-order valence-corrected chi connectivity index (χ1v) is 6.17. The predicted molar refractivity (Wildman–Crippen MR) is 70.0 cm³/mol. The van der Waals surface area contributed by atoms with Gasteiger partial charge in [0.1, 0.15) is 0 Å². The predicted octanol–water partition coefficient (Wildman–Crippen LogP) is 1.91. The van der Waals surface area contributed by atoms with E-state index in [-0.39, 0.29) is 0 Å². The number of nitrogens with zero attached hydrogens (tertiary/aromatic N) is 2. The highest BCUT2D eigenvalue weighted by Gasteiger charge is 2.27. The van der Waals surface area contributed by atoms with Crippen LogP contribution in [0.5, 0.6) is 0 Å². The molecule has 1 aromatic rings. The van der Waals surface area contributed by atoms with Gasteiger partial charge in [-0.05, 0) is 30.9 Å². The van der Waals surface area contributed by atoms with Crippen molar-refractivity contribution >= 4 is 11.6 Å². The van der Waals surface area contributed by atoms with Gasteiger partial charge in [-0.25, -0.2) is 10.4 Å². The molecule has 2 aliphatic rings. The van der Waals surface area contributed by atoms with Gasteiger partial charge in [0.15, 0.2) is 0 Å². The molecule has 1 aromatic carbocycles. The molecule has 0 radical (unpaired) electrons. The molecule has 0 fully saturated rings. The Labute approximate surface area is 102 Å². The smallest absolute Gasteiger partial charge is 0.213 e. The van der Waals surface area contributed by atoms with Gasteiger partial charge < -0.3 is 5.32 Å². The van der Waals surface area contributed by atoms with Crippen molar-refractivity contribution < 1.29 is 0 Å². The lowest BCUT2D eigenvalue weighted by Crippen LogP contribution is -2.43. The lowest BCUT2D eigenvalue weighted by molar-refractivity contribution is 0.400. The number of rotatable bonds is 1. The van der Waals surface area contributed by atoms with Crippen molar-refractivity contribution in [1.82, 2.24) is 10.4 Å². The zero-order valence-electron chi connectivity index (χ0n) is 10.3. The molecule has 0 spiro atoms. The van der Waals surface area contributed by atoms with Crippen LogP contribution in [0.1, 0.15) is 30.0 Å². The topological polar surface area (TPSA) is 39.7 Å². The second-order valence-electron chi connectivity index (χ2n) is 4.65. The fourth-order valence-electron chi connectivity index (χ4n) is 2.67. The van der Waals surface area contributed by atoms with Crippen LogP contribution in [0.2, 0.25) is 0 Å². The van der Waals surface area contributed by atoms with Crippen LogP contribution in [-0.4, -0.2) is 25.1 Å². The lowest BCUT2D eigenvalue weighted by atomic mass is 9.86. The summed E-state index contributed by atoms with van der Waals surface area (Å²) in [6.45, 7) is 0. The lowest BCUT2D eigenvalue weighted by Gasteiger charge is -2.33. The van der Waals surface area contributed by atoms with Crippen molar-refractivity contribution in [3.8, 4) is 0 Å². The number of anilines is 1. The number of aryl methyl sites for hydroxylation is 1. The highest BCUT2D eigenvalue weighted by atomic mass is 15.5. The van der Waals surface area contributed by atoms with Crippen LogP contribution in [-0.2, 0) is 6.42 Å². The number of benzene rings is 1. The van der Waals surface area contributed by atoms with E-state index in [1.807, 2.05) is 19.1 Å². The summed E-state index contributed by atoms with van der Waals surface area (Å²) in [6.07, 6.45) is 3.59. The van der Waals surface area contributed by atoms with Crippen molar-refractivity contribution in [2.45, 2.75) is 25.3 Å². The van der Waals surface area contributed by atoms with Crippen molar-refractivity contribution in [2.24, 2.45) is 4.99 Å². The Balaban J connectivity index is 2.03. The second kappa shape index (κ2) is 4.04. The molecule has 3 rings (SSSR count). The van der Waals surface area contributed by atoms with E-state index in [0.29, 0.717) is 6.04 Å². The van der Waals surface area contributed by atoms with Gasteiger partial charge in [0, 0.05) is 25.3 Å². The summed E-state index contributed by atoms with van der Waals surface area (Å²) in [5, 5.41) is 5.32. The first-order valence-electron chi connectivity index (χ1n) is 6.17. The Morgan fingerprint density at radius 3 is 3.18 bits per heavy atom. The summed E-state index contributed by atoms with van der Waals surface area (Å²) < 4.78 is 0. The first kappa shape index (κ1) is 10.6. The van der Waals surface area contributed by atoms with Gasteiger partial charge in [-0.15, -0.1) is 0 Å². The van der Waals surface area contributed by atoms with Crippen LogP contribution < -0.4 is 10.7 Å². The minimum atomic E-state index is 0.335. The quantitative estimate of drug-likeness (QED) is 0.724. The van der Waals surface area contributed by atoms with Crippen molar-refractivity contribution in [2.75, 3.05) is 19.4 Å². The van der Waals surface area contributed by atoms with Crippen molar-refractivity contribution in [3.05, 3.63) is 29.3 Å². The Morgan fingerprint density at radius 1 is 1.47 bits per heavy atom. The van der Waals surface area contributed by atoms with Gasteiger partial charge in [-0.2, -0.15) is 0 Å². The van der Waals surface area contributed by atoms with Crippen molar-refractivity contribution in [1.29, 1.82) is 0 Å². The summed E-state index contributed by atoms with van der Waals surface area (Å²) >= 11 is 0. The molecule has 1 heterocycles. The van der Waals surface area contributed by atoms with Crippen molar-refractivity contribution in [3.63, 3.8) is 0 Å². The molecule has 0 amide bonds. The molecule has 90 valence electrons. The SMILES string of the molecule is CNN(C)C1=NC2CCCc3cccc(c32)N1. The van der Waals surface area contributed by atoms with E-state index in [1.165, 1.54) is 29.7 Å². The first-order chi connectivity index (χ1) is 8.29. The largest absolute Gasteiger partial charge is 0.325 e. The standard InChI is InChI=1S/C13H18N4/c1-14-17(2)13-15-10-7-3-5-9-6-4-8-11(16-13)12(9)10/h3,5,7,11,14H,4,6,8H2,1-2H3,(H,15,16). The summed E-state index contributed by atoms with van der Waals surface area (Å²) in [6, 6.07) is 6.85. The van der Waals surface area contributed by atoms with Gasteiger partial charge in [0.05, 0.1) is 6.04 Å². The maximum absolute atomic E-state index is 4.79. The molecule has 2 N–H and O–H groups in total. The van der Waals surface area contributed by atoms with Crippen LogP contribution >= 0.6 is 0 Å². The third-order valence-corrected chi connectivity index (χ3v) is 3.63. The molecule has 0 saturated heterocycles. The molecule has 0 saturated carbocycles. The maximum atomic E-state index is 4.79. The highest BCUT2D eigenvalue weighted by Crippen LogP contribution is 2.39. The van der Waals surface area contributed by atoms with E-state index >= 15 is 0 Å². The molecule has 4 heteroatoms. The molecular weight excluding hydrogens is 212 g/mol. The summed E-state index contributed by atoms with van der Waals surface area (Å²) in [5.74, 6) is 0.907. The third kappa shape index (κ3) is 1.69. The normalized spacial score (nSPS) is 21.3. The molecule has 1 unspecified atom stereocenters. The number of hydrogen-bond acceptors (Lipinski definition) is 4. The van der Waals surface area contributed by atoms with Crippen LogP contribution in [0.3, 0.4) is 0 Å². The Bertz CT molecular complexity index is 466. The Morgan fingerprint density at radius 2 is 2.35 bits per heavy atom. The van der Waals surface area contributed by atoms with E-state index in [0.717, 1.165) is 12.4 Å². The maximum Gasteiger partial charge on any atom is 0.213 e. The average molecular weight is 230 g/mol. The molecule has 4 nitrogen and oxygen atoms in total. The molecule has 0 aromatic heterocycles. The third-order valence-electron chi connectivity index (χ3n) is 3.63. The molecule has 17 heavy (non-hydrogen) atoms. The van der Waals surface area contributed by atoms with E-state index in [1.54, 1.807) is 0 Å². The molecule has 0 bridgehead atoms. The van der Waals surface area contributed by atoms with E-state index in [2.05, 4.69) is 28.9 Å². The van der Waals surface area contributed by atoms with Crippen LogP contribution in [0.15, 0.2) is 23.2 Å². The van der Waals surface area contributed by atoms with E-state index in [9.17, 15) is 0 Å². The van der Waals surface area contributed by atoms with Gasteiger partial charge in [-0.3, -0.25) is 5.01 Å². The molecular formula is C13H18N4. The fraction of sp³-hybridized carbons (Fsp3) is 0.462. The van der Waals surface area contributed by atoms with Crippen LogP contribution in [0.4, 0.5) is 5.69 Å². The van der Waals surface area contributed by atoms with Gasteiger partial charge in [0.25, 0.3) is 0 Å². The van der Waals surface area contributed by atoms with E-state index < -0.39 is 0 Å². The Kier molecular flexibility index (Phi) is 2.52. The average Bonchev–Trinajstić information content (AvgIpc) is 2.38. The van der Waals surface area contributed by atoms with Gasteiger partial charge >= 0.3 is 0 Å². The number of hydrogen-bond donors (Lipinski definition) is 2. The fourth-order valence-corrected chi connectivity index (χ4v) is 2.67. The zero-order valence-corrected chi connectivity index (χ0v) is 10.3. The molecule has 1 aliphatic heterocycles. The summed E-state index contributed by atoms with van der Waals surface area (Å²) in [7, 11) is 3.88. The monoisotopic (exact) mass is 230 g/mol. The van der Waals surface area contributed by atoms with Crippen LogP contribution in [0, 0.1) is 0 Å². The summed E-state index contributed by atoms with van der Waals surface area (Å²) in [4.78, 5) is 4.79. The van der Waals surface area contributed by atoms with E-state index in [4.69, 9.17) is 4.99 Å². The minimum Gasteiger partial charge on any atom is -0.325 e. The number of nitrogens with one attached hydrogen (secondary N) is 2. The minimum absolute atomic E-state index is 0.335. The Hall–Kier alpha value is -1.55. The summed E-state index contributed by atoms with van der Waals surface area (Å²) in [5.41, 5.74) is 7.17. The number of aliphatic imine (C=N–C) groups is 1. The van der Waals surface area contributed by atoms with Gasteiger partial charge in [-0.1, -0.05) is 12.1 Å².